The topological polar surface area (TPSA) is 42.2 Å². The van der Waals surface area contributed by atoms with E-state index in [-0.39, 0.29) is 5.82 Å². The summed E-state index contributed by atoms with van der Waals surface area (Å²) in [7, 11) is 1.87. The second kappa shape index (κ2) is 5.30. The van der Waals surface area contributed by atoms with Crippen LogP contribution in [0.2, 0.25) is 0 Å². The Kier molecular flexibility index (Phi) is 3.50. The van der Waals surface area contributed by atoms with Gasteiger partial charge in [-0.1, -0.05) is 0 Å². The second-order valence-corrected chi connectivity index (χ2v) is 5.13. The molecule has 2 heterocycles. The lowest BCUT2D eigenvalue weighted by molar-refractivity contribution is 0.628. The number of nitrogens with zero attached hydrogens (tertiary/aromatic N) is 3. The number of hydrogen-bond acceptors (Lipinski definition) is 3. The highest BCUT2D eigenvalue weighted by Crippen LogP contribution is 2.22. The van der Waals surface area contributed by atoms with Crippen molar-refractivity contribution in [3.8, 4) is 11.3 Å². The van der Waals surface area contributed by atoms with Crippen molar-refractivity contribution in [2.75, 3.05) is 7.05 Å². The van der Waals surface area contributed by atoms with Gasteiger partial charge in [-0.3, -0.25) is 0 Å². The van der Waals surface area contributed by atoms with Crippen molar-refractivity contribution in [3.05, 3.63) is 52.5 Å². The van der Waals surface area contributed by atoms with E-state index in [0.717, 1.165) is 27.2 Å². The van der Waals surface area contributed by atoms with Gasteiger partial charge in [0.15, 0.2) is 5.65 Å². The van der Waals surface area contributed by atoms with E-state index in [1.807, 2.05) is 19.2 Å². The van der Waals surface area contributed by atoms with Crippen LogP contribution in [-0.2, 0) is 6.54 Å². The van der Waals surface area contributed by atoms with Crippen LogP contribution in [0, 0.1) is 5.82 Å². The molecule has 0 spiro atoms. The lowest BCUT2D eigenvalue weighted by Crippen LogP contribution is -2.05. The van der Waals surface area contributed by atoms with Gasteiger partial charge in [-0.2, -0.15) is 5.10 Å². The SMILES string of the molecule is CNCc1nc2ccc(-c3ccc(F)cc3)nn2c1Br. The summed E-state index contributed by atoms with van der Waals surface area (Å²) in [5, 5.41) is 7.60. The van der Waals surface area contributed by atoms with Crippen molar-refractivity contribution in [2.24, 2.45) is 0 Å². The molecular formula is C14H12BrFN4. The Balaban J connectivity index is 2.10. The molecule has 0 amide bonds. The summed E-state index contributed by atoms with van der Waals surface area (Å²) in [4.78, 5) is 4.48. The summed E-state index contributed by atoms with van der Waals surface area (Å²) >= 11 is 3.51. The first-order valence-corrected chi connectivity index (χ1v) is 6.93. The lowest BCUT2D eigenvalue weighted by Gasteiger charge is -2.02. The maximum absolute atomic E-state index is 13.0. The van der Waals surface area contributed by atoms with Crippen molar-refractivity contribution >= 4 is 21.6 Å². The van der Waals surface area contributed by atoms with E-state index >= 15 is 0 Å². The van der Waals surface area contributed by atoms with E-state index in [4.69, 9.17) is 0 Å². The molecule has 0 aliphatic rings. The maximum atomic E-state index is 13.0. The minimum absolute atomic E-state index is 0.255. The van der Waals surface area contributed by atoms with Crippen LogP contribution in [0.5, 0.6) is 0 Å². The van der Waals surface area contributed by atoms with E-state index in [1.54, 1.807) is 16.6 Å². The summed E-state index contributed by atoms with van der Waals surface area (Å²) < 4.78 is 15.5. The maximum Gasteiger partial charge on any atom is 0.155 e. The van der Waals surface area contributed by atoms with E-state index in [9.17, 15) is 4.39 Å². The molecule has 0 radical (unpaired) electrons. The van der Waals surface area contributed by atoms with Gasteiger partial charge in [0, 0.05) is 12.1 Å². The molecule has 0 fully saturated rings. The van der Waals surface area contributed by atoms with Crippen LogP contribution in [0.4, 0.5) is 4.39 Å². The first kappa shape index (κ1) is 13.2. The van der Waals surface area contributed by atoms with Gasteiger partial charge in [-0.25, -0.2) is 13.9 Å². The van der Waals surface area contributed by atoms with Crippen molar-refractivity contribution in [1.82, 2.24) is 19.9 Å². The molecule has 2 aromatic heterocycles. The number of fused-ring (bicyclic) bond motifs is 1. The molecule has 1 N–H and O–H groups in total. The lowest BCUT2D eigenvalue weighted by atomic mass is 10.1. The number of rotatable bonds is 3. The van der Waals surface area contributed by atoms with Gasteiger partial charge >= 0.3 is 0 Å². The summed E-state index contributed by atoms with van der Waals surface area (Å²) in [6, 6.07) is 10.1. The highest BCUT2D eigenvalue weighted by Gasteiger charge is 2.11. The average Bonchev–Trinajstić information content (AvgIpc) is 2.77. The minimum atomic E-state index is -0.255. The zero-order chi connectivity index (χ0) is 14.1. The molecule has 1 aromatic carbocycles. The highest BCUT2D eigenvalue weighted by molar-refractivity contribution is 9.10. The Morgan fingerprint density at radius 1 is 1.20 bits per heavy atom. The molecule has 0 aliphatic carbocycles. The minimum Gasteiger partial charge on any atom is -0.314 e. The third-order valence-electron chi connectivity index (χ3n) is 2.97. The van der Waals surface area contributed by atoms with Gasteiger partial charge in [0.05, 0.1) is 11.4 Å². The van der Waals surface area contributed by atoms with Crippen molar-refractivity contribution in [2.45, 2.75) is 6.54 Å². The number of imidazole rings is 1. The Hall–Kier alpha value is -1.79. The van der Waals surface area contributed by atoms with Gasteiger partial charge in [-0.05, 0) is 59.4 Å². The Morgan fingerprint density at radius 2 is 1.95 bits per heavy atom. The van der Waals surface area contributed by atoms with E-state index < -0.39 is 0 Å². The summed E-state index contributed by atoms with van der Waals surface area (Å²) in [5.74, 6) is -0.255. The molecule has 0 saturated carbocycles. The van der Waals surface area contributed by atoms with Crippen molar-refractivity contribution < 1.29 is 4.39 Å². The molecule has 0 bridgehead atoms. The monoisotopic (exact) mass is 334 g/mol. The van der Waals surface area contributed by atoms with Crippen molar-refractivity contribution in [1.29, 1.82) is 0 Å². The van der Waals surface area contributed by atoms with Gasteiger partial charge in [0.25, 0.3) is 0 Å². The predicted molar refractivity (Wildman–Crippen MR) is 78.8 cm³/mol. The first-order chi connectivity index (χ1) is 9.69. The fraction of sp³-hybridized carbons (Fsp3) is 0.143. The number of nitrogens with one attached hydrogen (secondary N) is 1. The molecule has 3 rings (SSSR count). The molecule has 0 unspecified atom stereocenters. The Bertz CT molecular complexity index is 752. The number of aromatic nitrogens is 3. The van der Waals surface area contributed by atoms with Crippen molar-refractivity contribution in [3.63, 3.8) is 0 Å². The van der Waals surface area contributed by atoms with Gasteiger partial charge in [0.1, 0.15) is 10.4 Å². The van der Waals surface area contributed by atoms with Crippen LogP contribution < -0.4 is 5.32 Å². The summed E-state index contributed by atoms with van der Waals surface area (Å²) in [6.07, 6.45) is 0. The molecule has 0 saturated heterocycles. The summed E-state index contributed by atoms with van der Waals surface area (Å²) in [5.41, 5.74) is 3.31. The van der Waals surface area contributed by atoms with Crippen LogP contribution >= 0.6 is 15.9 Å². The highest BCUT2D eigenvalue weighted by atomic mass is 79.9. The zero-order valence-electron chi connectivity index (χ0n) is 10.8. The first-order valence-electron chi connectivity index (χ1n) is 6.14. The molecule has 0 atom stereocenters. The smallest absolute Gasteiger partial charge is 0.155 e. The van der Waals surface area contributed by atoms with Gasteiger partial charge in [0.2, 0.25) is 0 Å². The fourth-order valence-electron chi connectivity index (χ4n) is 2.01. The van der Waals surface area contributed by atoms with Gasteiger partial charge in [-0.15, -0.1) is 0 Å². The molecule has 3 aromatic rings. The molecule has 102 valence electrons. The number of hydrogen-bond donors (Lipinski definition) is 1. The average molecular weight is 335 g/mol. The van der Waals surface area contributed by atoms with Crippen LogP contribution in [0.15, 0.2) is 41.0 Å². The summed E-state index contributed by atoms with van der Waals surface area (Å²) in [6.45, 7) is 0.663. The van der Waals surface area contributed by atoms with Crippen LogP contribution in [0.3, 0.4) is 0 Å². The molecule has 4 nitrogen and oxygen atoms in total. The fourth-order valence-corrected chi connectivity index (χ4v) is 2.50. The van der Waals surface area contributed by atoms with Crippen LogP contribution in [0.25, 0.3) is 16.9 Å². The third kappa shape index (κ3) is 2.32. The molecular weight excluding hydrogens is 323 g/mol. The van der Waals surface area contributed by atoms with E-state index in [1.165, 1.54) is 12.1 Å². The van der Waals surface area contributed by atoms with Crippen LogP contribution in [-0.4, -0.2) is 21.6 Å². The largest absolute Gasteiger partial charge is 0.314 e. The Labute approximate surface area is 123 Å². The van der Waals surface area contributed by atoms with Crippen LogP contribution in [0.1, 0.15) is 5.69 Å². The Morgan fingerprint density at radius 3 is 2.65 bits per heavy atom. The molecule has 6 heteroatoms. The van der Waals surface area contributed by atoms with Gasteiger partial charge < -0.3 is 5.32 Å². The normalized spacial score (nSPS) is 11.2. The van der Waals surface area contributed by atoms with E-state index in [0.29, 0.717) is 6.54 Å². The quantitative estimate of drug-likeness (QED) is 0.800. The molecule has 0 aliphatic heterocycles. The number of benzene rings is 1. The number of halogens is 2. The zero-order valence-corrected chi connectivity index (χ0v) is 12.4. The van der Waals surface area contributed by atoms with E-state index in [2.05, 4.69) is 31.3 Å². The molecule has 20 heavy (non-hydrogen) atoms. The standard InChI is InChI=1S/C14H12BrFN4/c1-17-8-12-14(15)20-13(18-12)7-6-11(19-20)9-2-4-10(16)5-3-9/h2-7,17H,8H2,1H3. The predicted octanol–water partition coefficient (Wildman–Crippen LogP) is 3.02. The third-order valence-corrected chi connectivity index (χ3v) is 3.77. The second-order valence-electron chi connectivity index (χ2n) is 4.38.